The van der Waals surface area contributed by atoms with Crippen molar-refractivity contribution < 1.29 is 19.1 Å². The molecule has 0 unspecified atom stereocenters. The molecular formula is C16H14O4S. The number of hydrogen-bond donors (Lipinski definition) is 0. The molecule has 0 N–H and O–H groups in total. The Bertz CT molecular complexity index is 671. The molecular weight excluding hydrogens is 288 g/mol. The molecule has 21 heavy (non-hydrogen) atoms. The van der Waals surface area contributed by atoms with E-state index < -0.39 is 11.9 Å². The first-order valence-electron chi connectivity index (χ1n) is 6.18. The van der Waals surface area contributed by atoms with Crippen LogP contribution in [0.2, 0.25) is 0 Å². The zero-order valence-corrected chi connectivity index (χ0v) is 12.5. The number of carbonyl (C=O) groups is 2. The van der Waals surface area contributed by atoms with E-state index in [1.807, 2.05) is 17.5 Å². The topological polar surface area (TPSA) is 52.6 Å². The van der Waals surface area contributed by atoms with Crippen LogP contribution in [0.3, 0.4) is 0 Å². The van der Waals surface area contributed by atoms with Crippen LogP contribution in [0.15, 0.2) is 41.8 Å². The van der Waals surface area contributed by atoms with Gasteiger partial charge in [-0.25, -0.2) is 9.59 Å². The standard InChI is InChI=1S/C16H14O4S/c1-19-15(17)13-8-4-3-7-12(13)14(16(18)20-2)10-11-6-5-9-21-11/h3-10H,1-2H3/b14-10+. The molecule has 0 spiro atoms. The average Bonchev–Trinajstić information content (AvgIpc) is 3.04. The van der Waals surface area contributed by atoms with Gasteiger partial charge in [-0.1, -0.05) is 24.3 Å². The number of ether oxygens (including phenoxy) is 2. The third kappa shape index (κ3) is 3.38. The van der Waals surface area contributed by atoms with Crippen LogP contribution in [0.1, 0.15) is 20.8 Å². The minimum Gasteiger partial charge on any atom is -0.465 e. The second-order valence-corrected chi connectivity index (χ2v) is 5.08. The summed E-state index contributed by atoms with van der Waals surface area (Å²) in [5, 5.41) is 1.91. The molecule has 2 rings (SSSR count). The number of rotatable bonds is 4. The number of thiophene rings is 1. The summed E-state index contributed by atoms with van der Waals surface area (Å²) in [6.07, 6.45) is 1.71. The van der Waals surface area contributed by atoms with E-state index in [9.17, 15) is 9.59 Å². The number of carbonyl (C=O) groups excluding carboxylic acids is 2. The van der Waals surface area contributed by atoms with E-state index >= 15 is 0 Å². The molecule has 5 heteroatoms. The van der Waals surface area contributed by atoms with E-state index in [-0.39, 0.29) is 0 Å². The zero-order valence-electron chi connectivity index (χ0n) is 11.7. The molecule has 0 atom stereocenters. The second kappa shape index (κ2) is 6.85. The molecule has 0 saturated carbocycles. The van der Waals surface area contributed by atoms with Crippen LogP contribution in [0.25, 0.3) is 11.6 Å². The molecule has 0 saturated heterocycles. The van der Waals surface area contributed by atoms with Gasteiger partial charge in [-0.2, -0.15) is 0 Å². The van der Waals surface area contributed by atoms with Gasteiger partial charge in [-0.15, -0.1) is 11.3 Å². The van der Waals surface area contributed by atoms with Crippen LogP contribution >= 0.6 is 11.3 Å². The van der Waals surface area contributed by atoms with E-state index in [2.05, 4.69) is 0 Å². The normalized spacial score (nSPS) is 11.0. The smallest absolute Gasteiger partial charge is 0.338 e. The van der Waals surface area contributed by atoms with E-state index in [0.29, 0.717) is 16.7 Å². The Balaban J connectivity index is 2.58. The summed E-state index contributed by atoms with van der Waals surface area (Å²) >= 11 is 1.49. The van der Waals surface area contributed by atoms with Crippen molar-refractivity contribution in [1.29, 1.82) is 0 Å². The zero-order chi connectivity index (χ0) is 15.2. The van der Waals surface area contributed by atoms with Gasteiger partial charge in [0.1, 0.15) is 0 Å². The largest absolute Gasteiger partial charge is 0.465 e. The second-order valence-electron chi connectivity index (χ2n) is 4.10. The van der Waals surface area contributed by atoms with Crippen molar-refractivity contribution in [3.05, 3.63) is 57.8 Å². The monoisotopic (exact) mass is 302 g/mol. The van der Waals surface area contributed by atoms with Crippen molar-refractivity contribution in [2.24, 2.45) is 0 Å². The molecule has 0 radical (unpaired) electrons. The van der Waals surface area contributed by atoms with Crippen molar-refractivity contribution >= 4 is 34.9 Å². The average molecular weight is 302 g/mol. The van der Waals surface area contributed by atoms with Crippen molar-refractivity contribution in [1.82, 2.24) is 0 Å². The lowest BCUT2D eigenvalue weighted by molar-refractivity contribution is -0.133. The van der Waals surface area contributed by atoms with Crippen LogP contribution in [-0.2, 0) is 14.3 Å². The Kier molecular flexibility index (Phi) is 4.90. The van der Waals surface area contributed by atoms with Crippen LogP contribution in [0, 0.1) is 0 Å². The maximum Gasteiger partial charge on any atom is 0.338 e. The summed E-state index contributed by atoms with van der Waals surface area (Å²) in [5.41, 5.74) is 1.14. The van der Waals surface area contributed by atoms with E-state index in [1.165, 1.54) is 25.6 Å². The van der Waals surface area contributed by atoms with E-state index in [4.69, 9.17) is 9.47 Å². The lowest BCUT2D eigenvalue weighted by atomic mass is 9.99. The Morgan fingerprint density at radius 1 is 1.00 bits per heavy atom. The minimum absolute atomic E-state index is 0.320. The predicted molar refractivity (Wildman–Crippen MR) is 82.0 cm³/mol. The maximum absolute atomic E-state index is 12.1. The SMILES string of the molecule is COC(=O)/C(=C/c1cccs1)c1ccccc1C(=O)OC. The van der Waals surface area contributed by atoms with Gasteiger partial charge < -0.3 is 9.47 Å². The quantitative estimate of drug-likeness (QED) is 0.642. The highest BCUT2D eigenvalue weighted by Crippen LogP contribution is 2.25. The van der Waals surface area contributed by atoms with E-state index in [1.54, 1.807) is 30.3 Å². The van der Waals surface area contributed by atoms with Gasteiger partial charge in [0.05, 0.1) is 25.4 Å². The Labute approximate surface area is 126 Å². The van der Waals surface area contributed by atoms with Gasteiger partial charge in [0.25, 0.3) is 0 Å². The minimum atomic E-state index is -0.500. The highest BCUT2D eigenvalue weighted by atomic mass is 32.1. The fraction of sp³-hybridized carbons (Fsp3) is 0.125. The van der Waals surface area contributed by atoms with Gasteiger partial charge in [0.15, 0.2) is 0 Å². The van der Waals surface area contributed by atoms with Gasteiger partial charge in [0, 0.05) is 10.4 Å². The van der Waals surface area contributed by atoms with Crippen molar-refractivity contribution in [3.8, 4) is 0 Å². The summed E-state index contributed by atoms with van der Waals surface area (Å²) < 4.78 is 9.59. The molecule has 1 aromatic carbocycles. The molecule has 0 amide bonds. The van der Waals surface area contributed by atoms with Crippen LogP contribution in [0.5, 0.6) is 0 Å². The van der Waals surface area contributed by atoms with Crippen molar-refractivity contribution in [3.63, 3.8) is 0 Å². The summed E-state index contributed by atoms with van der Waals surface area (Å²) in [6.45, 7) is 0. The molecule has 0 bridgehead atoms. The summed E-state index contributed by atoms with van der Waals surface area (Å²) in [7, 11) is 2.62. The third-order valence-electron chi connectivity index (χ3n) is 2.86. The number of benzene rings is 1. The number of methoxy groups -OCH3 is 2. The van der Waals surface area contributed by atoms with E-state index in [0.717, 1.165) is 4.88 Å². The molecule has 0 aliphatic rings. The molecule has 0 aliphatic carbocycles. The molecule has 108 valence electrons. The number of esters is 2. The summed E-state index contributed by atoms with van der Waals surface area (Å²) in [5.74, 6) is -0.994. The maximum atomic E-state index is 12.1. The van der Waals surface area contributed by atoms with Crippen molar-refractivity contribution in [2.45, 2.75) is 0 Å². The fourth-order valence-electron chi connectivity index (χ4n) is 1.88. The van der Waals surface area contributed by atoms with Crippen LogP contribution in [0.4, 0.5) is 0 Å². The predicted octanol–water partition coefficient (Wildman–Crippen LogP) is 3.25. The Morgan fingerprint density at radius 3 is 2.29 bits per heavy atom. The summed E-state index contributed by atoms with van der Waals surface area (Å²) in [4.78, 5) is 24.8. The van der Waals surface area contributed by atoms with Gasteiger partial charge >= 0.3 is 11.9 Å². The van der Waals surface area contributed by atoms with Gasteiger partial charge in [-0.3, -0.25) is 0 Å². The lowest BCUT2D eigenvalue weighted by Gasteiger charge is -2.10. The first-order valence-corrected chi connectivity index (χ1v) is 7.06. The molecule has 1 heterocycles. The van der Waals surface area contributed by atoms with Crippen LogP contribution < -0.4 is 0 Å². The lowest BCUT2D eigenvalue weighted by Crippen LogP contribution is -2.10. The fourth-order valence-corrected chi connectivity index (χ4v) is 2.54. The van der Waals surface area contributed by atoms with Gasteiger partial charge in [0.2, 0.25) is 0 Å². The van der Waals surface area contributed by atoms with Crippen molar-refractivity contribution in [2.75, 3.05) is 14.2 Å². The molecule has 2 aromatic rings. The number of hydrogen-bond acceptors (Lipinski definition) is 5. The third-order valence-corrected chi connectivity index (χ3v) is 3.68. The molecule has 0 aliphatic heterocycles. The molecule has 0 fully saturated rings. The first-order chi connectivity index (χ1) is 10.2. The summed E-state index contributed by atoms with van der Waals surface area (Å²) in [6, 6.07) is 10.6. The molecule has 1 aromatic heterocycles. The van der Waals surface area contributed by atoms with Crippen LogP contribution in [-0.4, -0.2) is 26.2 Å². The first kappa shape index (κ1) is 15.0. The Hall–Kier alpha value is -2.40. The van der Waals surface area contributed by atoms with Gasteiger partial charge in [-0.05, 0) is 23.6 Å². The molecule has 4 nitrogen and oxygen atoms in total. The highest BCUT2D eigenvalue weighted by Gasteiger charge is 2.20. The highest BCUT2D eigenvalue weighted by molar-refractivity contribution is 7.11. The Morgan fingerprint density at radius 2 is 1.71 bits per heavy atom.